The lowest BCUT2D eigenvalue weighted by Gasteiger charge is -2.28. The summed E-state index contributed by atoms with van der Waals surface area (Å²) in [6.07, 6.45) is 6.77. The van der Waals surface area contributed by atoms with Crippen LogP contribution in [0.3, 0.4) is 0 Å². The summed E-state index contributed by atoms with van der Waals surface area (Å²) in [7, 11) is 2.14. The van der Waals surface area contributed by atoms with Gasteiger partial charge in [-0.25, -0.2) is 4.39 Å². The maximum atomic E-state index is 14.1. The molecule has 5 nitrogen and oxygen atoms in total. The number of halogens is 1. The zero-order chi connectivity index (χ0) is 28.6. The molecule has 212 valence electrons. The van der Waals surface area contributed by atoms with E-state index in [4.69, 9.17) is 4.74 Å². The van der Waals surface area contributed by atoms with E-state index in [1.807, 2.05) is 26.0 Å². The monoisotopic (exact) mass is 535 g/mol. The summed E-state index contributed by atoms with van der Waals surface area (Å²) in [5, 5.41) is 3.71. The molecule has 0 aliphatic carbocycles. The predicted molar refractivity (Wildman–Crippen MR) is 161 cm³/mol. The molecule has 0 fully saturated rings. The Morgan fingerprint density at radius 2 is 1.82 bits per heavy atom. The van der Waals surface area contributed by atoms with Gasteiger partial charge in [0, 0.05) is 42.8 Å². The summed E-state index contributed by atoms with van der Waals surface area (Å²) in [6.45, 7) is 15.9. The van der Waals surface area contributed by atoms with Crippen LogP contribution in [-0.4, -0.2) is 48.1 Å². The first kappa shape index (κ1) is 30.6. The quantitative estimate of drug-likeness (QED) is 0.264. The van der Waals surface area contributed by atoms with Crippen molar-refractivity contribution in [1.82, 2.24) is 15.2 Å². The third-order valence-electron chi connectivity index (χ3n) is 7.18. The van der Waals surface area contributed by atoms with Crippen LogP contribution in [0.15, 0.2) is 48.6 Å². The summed E-state index contributed by atoms with van der Waals surface area (Å²) in [5.41, 5.74) is 5.26. The standard InChI is InChI=1S/C29H38FN3O2.C4H8/c1-19(2)11-15-35-29(3,4)12-14-33(5)18-20-6-8-21(9-7-20)27-23-10-13-31-28(34)24-16-22(30)17-25(32-27)26(23)24;1-3-4-2/h6-9,16-17,19,32H,10-15,18H2,1-5H3,(H,31,34);3-4H,1-2H3/b;4-3-. The molecule has 6 heteroatoms. The lowest BCUT2D eigenvalue weighted by atomic mass is 9.99. The van der Waals surface area contributed by atoms with Crippen molar-refractivity contribution in [3.05, 3.63) is 71.1 Å². The number of carbonyl (C=O) groups is 1. The van der Waals surface area contributed by atoms with Gasteiger partial charge in [0.1, 0.15) is 5.82 Å². The molecule has 0 spiro atoms. The number of rotatable bonds is 10. The highest BCUT2D eigenvalue weighted by Gasteiger charge is 2.23. The first-order valence-electron chi connectivity index (χ1n) is 14.2. The Kier molecular flexibility index (Phi) is 10.9. The minimum atomic E-state index is -0.407. The average molecular weight is 536 g/mol. The van der Waals surface area contributed by atoms with Crippen LogP contribution in [0.2, 0.25) is 0 Å². The van der Waals surface area contributed by atoms with Gasteiger partial charge in [-0.3, -0.25) is 4.79 Å². The van der Waals surface area contributed by atoms with E-state index in [0.29, 0.717) is 30.0 Å². The highest BCUT2D eigenvalue weighted by Crippen LogP contribution is 2.35. The van der Waals surface area contributed by atoms with Crippen molar-refractivity contribution < 1.29 is 13.9 Å². The first-order valence-corrected chi connectivity index (χ1v) is 14.2. The van der Waals surface area contributed by atoms with Gasteiger partial charge in [0.15, 0.2) is 0 Å². The van der Waals surface area contributed by atoms with Crippen molar-refractivity contribution in [3.8, 4) is 11.3 Å². The molecule has 1 aromatic heterocycles. The van der Waals surface area contributed by atoms with Crippen LogP contribution >= 0.6 is 0 Å². The molecule has 0 saturated carbocycles. The first-order chi connectivity index (χ1) is 18.5. The van der Waals surface area contributed by atoms with E-state index in [9.17, 15) is 9.18 Å². The average Bonchev–Trinajstić information content (AvgIpc) is 3.16. The van der Waals surface area contributed by atoms with Gasteiger partial charge in [-0.1, -0.05) is 50.3 Å². The third kappa shape index (κ3) is 8.51. The molecular formula is C33H46FN3O2. The van der Waals surface area contributed by atoms with Crippen molar-refractivity contribution >= 4 is 16.8 Å². The molecule has 1 amide bonds. The Bertz CT molecular complexity index is 1250. The van der Waals surface area contributed by atoms with Crippen LogP contribution in [0.5, 0.6) is 0 Å². The molecule has 0 bridgehead atoms. The second-order valence-electron chi connectivity index (χ2n) is 11.5. The Balaban J connectivity index is 0.000000983. The van der Waals surface area contributed by atoms with Crippen molar-refractivity contribution in [3.63, 3.8) is 0 Å². The molecule has 2 heterocycles. The minimum absolute atomic E-state index is 0.128. The molecular weight excluding hydrogens is 489 g/mol. The van der Waals surface area contributed by atoms with E-state index in [1.54, 1.807) is 0 Å². The number of aromatic nitrogens is 1. The zero-order valence-electron chi connectivity index (χ0n) is 24.8. The summed E-state index contributed by atoms with van der Waals surface area (Å²) in [5.74, 6) is 0.0352. The number of nitrogens with zero attached hydrogens (tertiary/aromatic N) is 1. The number of hydrogen-bond donors (Lipinski definition) is 2. The van der Waals surface area contributed by atoms with Crippen molar-refractivity contribution in [2.75, 3.05) is 26.7 Å². The fourth-order valence-corrected chi connectivity index (χ4v) is 4.71. The zero-order valence-corrected chi connectivity index (χ0v) is 24.8. The highest BCUT2D eigenvalue weighted by molar-refractivity contribution is 6.10. The summed E-state index contributed by atoms with van der Waals surface area (Å²) < 4.78 is 20.3. The molecule has 1 aliphatic rings. The van der Waals surface area contributed by atoms with Crippen LogP contribution in [0, 0.1) is 11.7 Å². The van der Waals surface area contributed by atoms with Gasteiger partial charge in [-0.15, -0.1) is 0 Å². The van der Waals surface area contributed by atoms with Crippen molar-refractivity contribution in [1.29, 1.82) is 0 Å². The SMILES string of the molecule is C/C=C\C.CC(C)CCOC(C)(C)CCN(C)Cc1ccc(-c2[nH]c3cc(F)cc4c3c2CCNC4=O)cc1. The van der Waals surface area contributed by atoms with E-state index in [1.165, 1.54) is 17.7 Å². The van der Waals surface area contributed by atoms with Gasteiger partial charge >= 0.3 is 0 Å². The molecule has 0 radical (unpaired) electrons. The second-order valence-corrected chi connectivity index (χ2v) is 11.5. The van der Waals surface area contributed by atoms with Crippen LogP contribution < -0.4 is 5.32 Å². The third-order valence-corrected chi connectivity index (χ3v) is 7.18. The lowest BCUT2D eigenvalue weighted by Crippen LogP contribution is -2.31. The molecule has 4 rings (SSSR count). The van der Waals surface area contributed by atoms with Crippen molar-refractivity contribution in [2.24, 2.45) is 5.92 Å². The molecule has 2 aromatic carbocycles. The Labute approximate surface area is 233 Å². The molecule has 0 unspecified atom stereocenters. The minimum Gasteiger partial charge on any atom is -0.376 e. The molecule has 2 N–H and O–H groups in total. The Morgan fingerprint density at radius 1 is 1.13 bits per heavy atom. The van der Waals surface area contributed by atoms with E-state index >= 15 is 0 Å². The van der Waals surface area contributed by atoms with Gasteiger partial charge in [0.2, 0.25) is 0 Å². The lowest BCUT2D eigenvalue weighted by molar-refractivity contribution is -0.0323. The Hall–Kier alpha value is -2.96. The van der Waals surface area contributed by atoms with Crippen LogP contribution in [-0.2, 0) is 17.7 Å². The number of benzene rings is 2. The van der Waals surface area contributed by atoms with Gasteiger partial charge in [-0.2, -0.15) is 0 Å². The van der Waals surface area contributed by atoms with E-state index < -0.39 is 5.82 Å². The van der Waals surface area contributed by atoms with Gasteiger partial charge in [-0.05, 0) is 88.7 Å². The van der Waals surface area contributed by atoms with E-state index in [2.05, 4.69) is 74.2 Å². The maximum Gasteiger partial charge on any atom is 0.252 e. The van der Waals surface area contributed by atoms with Gasteiger partial charge < -0.3 is 19.9 Å². The number of amides is 1. The van der Waals surface area contributed by atoms with Crippen LogP contribution in [0.4, 0.5) is 4.39 Å². The van der Waals surface area contributed by atoms with Crippen LogP contribution in [0.1, 0.15) is 75.9 Å². The predicted octanol–water partition coefficient (Wildman–Crippen LogP) is 7.51. The number of nitrogens with one attached hydrogen (secondary N) is 2. The van der Waals surface area contributed by atoms with E-state index in [0.717, 1.165) is 54.7 Å². The molecule has 39 heavy (non-hydrogen) atoms. The fourth-order valence-electron chi connectivity index (χ4n) is 4.71. The highest BCUT2D eigenvalue weighted by atomic mass is 19.1. The molecule has 1 aliphatic heterocycles. The molecule has 3 aromatic rings. The van der Waals surface area contributed by atoms with Gasteiger partial charge in [0.05, 0.1) is 11.2 Å². The van der Waals surface area contributed by atoms with Crippen molar-refractivity contribution in [2.45, 2.75) is 73.0 Å². The second kappa shape index (κ2) is 13.9. The van der Waals surface area contributed by atoms with Gasteiger partial charge in [0.25, 0.3) is 5.91 Å². The Morgan fingerprint density at radius 3 is 2.46 bits per heavy atom. The van der Waals surface area contributed by atoms with E-state index in [-0.39, 0.29) is 11.5 Å². The maximum absolute atomic E-state index is 14.1. The summed E-state index contributed by atoms with van der Waals surface area (Å²) in [4.78, 5) is 18.1. The number of ether oxygens (including phenoxy) is 1. The number of allylic oxidation sites excluding steroid dienone is 2. The summed E-state index contributed by atoms with van der Waals surface area (Å²) >= 11 is 0. The number of carbonyl (C=O) groups excluding carboxylic acids is 1. The van der Waals surface area contributed by atoms with Crippen LogP contribution in [0.25, 0.3) is 22.2 Å². The normalized spacial score (nSPS) is 13.6. The smallest absolute Gasteiger partial charge is 0.252 e. The largest absolute Gasteiger partial charge is 0.376 e. The fraction of sp³-hybridized carbons (Fsp3) is 0.485. The molecule has 0 saturated heterocycles. The molecule has 0 atom stereocenters. The topological polar surface area (TPSA) is 57.4 Å². The summed E-state index contributed by atoms with van der Waals surface area (Å²) in [6, 6.07) is 11.3. The number of hydrogen-bond acceptors (Lipinski definition) is 3. The number of H-pyrrole nitrogens is 1. The number of aromatic amines is 1.